The summed E-state index contributed by atoms with van der Waals surface area (Å²) in [4.78, 5) is 12.2. The van der Waals surface area contributed by atoms with E-state index in [0.717, 1.165) is 11.1 Å². The van der Waals surface area contributed by atoms with Gasteiger partial charge < -0.3 is 14.9 Å². The fourth-order valence-electron chi connectivity index (χ4n) is 2.73. The van der Waals surface area contributed by atoms with Crippen LogP contribution in [0.4, 0.5) is 0 Å². The number of aliphatic hydroxyl groups is 1. The van der Waals surface area contributed by atoms with Crippen molar-refractivity contribution in [2.45, 2.75) is 18.9 Å². The molecule has 3 rings (SSSR count). The van der Waals surface area contributed by atoms with Gasteiger partial charge in [0.25, 0.3) is 5.91 Å². The van der Waals surface area contributed by atoms with Crippen LogP contribution in [0.2, 0.25) is 0 Å². The summed E-state index contributed by atoms with van der Waals surface area (Å²) in [6.07, 6.45) is 0.383. The lowest BCUT2D eigenvalue weighted by Crippen LogP contribution is -2.42. The van der Waals surface area contributed by atoms with Gasteiger partial charge in [-0.15, -0.1) is 0 Å². The summed E-state index contributed by atoms with van der Waals surface area (Å²) in [6.45, 7) is 1.81. The van der Waals surface area contributed by atoms with Gasteiger partial charge >= 0.3 is 0 Å². The fourth-order valence-corrected chi connectivity index (χ4v) is 2.73. The highest BCUT2D eigenvalue weighted by Gasteiger charge is 2.30. The average Bonchev–Trinajstić information content (AvgIpc) is 3.08. The van der Waals surface area contributed by atoms with E-state index in [1.54, 1.807) is 13.0 Å². The number of aryl methyl sites for hydroxylation is 1. The molecule has 25 heavy (non-hydrogen) atoms. The van der Waals surface area contributed by atoms with Crippen LogP contribution in [0.25, 0.3) is 0 Å². The molecule has 1 atom stereocenters. The maximum Gasteiger partial charge on any atom is 0.290 e. The standard InChI is InChI=1S/C20H20N2O3/c1-15-12-18(25-22-15)19(23)21-14-20(24,17-10-6-3-7-11-17)13-16-8-4-2-5-9-16/h2-12,24H,13-14H2,1H3,(H,21,23). The molecule has 1 heterocycles. The van der Waals surface area contributed by atoms with Gasteiger partial charge in [-0.25, -0.2) is 0 Å². The zero-order valence-corrected chi connectivity index (χ0v) is 14.0. The van der Waals surface area contributed by atoms with E-state index in [0.29, 0.717) is 12.1 Å². The van der Waals surface area contributed by atoms with Crippen LogP contribution in [0.5, 0.6) is 0 Å². The van der Waals surface area contributed by atoms with Gasteiger partial charge in [0.1, 0.15) is 5.60 Å². The molecular formula is C20H20N2O3. The van der Waals surface area contributed by atoms with Gasteiger partial charge in [-0.05, 0) is 18.1 Å². The first-order valence-corrected chi connectivity index (χ1v) is 8.10. The molecule has 0 bridgehead atoms. The van der Waals surface area contributed by atoms with E-state index >= 15 is 0 Å². The highest BCUT2D eigenvalue weighted by molar-refractivity contribution is 5.91. The molecule has 128 valence electrons. The van der Waals surface area contributed by atoms with Crippen LogP contribution in [0.1, 0.15) is 27.4 Å². The summed E-state index contributed by atoms with van der Waals surface area (Å²) in [6, 6.07) is 20.6. The molecule has 0 aliphatic rings. The first-order chi connectivity index (χ1) is 12.1. The summed E-state index contributed by atoms with van der Waals surface area (Å²) in [5, 5.41) is 17.7. The summed E-state index contributed by atoms with van der Waals surface area (Å²) >= 11 is 0. The Kier molecular flexibility index (Phi) is 4.95. The second-order valence-electron chi connectivity index (χ2n) is 6.08. The predicted molar refractivity (Wildman–Crippen MR) is 94.1 cm³/mol. The first kappa shape index (κ1) is 16.9. The minimum absolute atomic E-state index is 0.0600. The predicted octanol–water partition coefficient (Wildman–Crippen LogP) is 2.84. The van der Waals surface area contributed by atoms with Crippen LogP contribution in [0, 0.1) is 6.92 Å². The van der Waals surface area contributed by atoms with E-state index < -0.39 is 11.5 Å². The third kappa shape index (κ3) is 4.14. The summed E-state index contributed by atoms with van der Waals surface area (Å²) in [5.74, 6) is -0.268. The van der Waals surface area contributed by atoms with Crippen molar-refractivity contribution in [3.8, 4) is 0 Å². The van der Waals surface area contributed by atoms with Gasteiger partial charge in [-0.2, -0.15) is 0 Å². The van der Waals surface area contributed by atoms with E-state index in [4.69, 9.17) is 4.52 Å². The number of benzene rings is 2. The van der Waals surface area contributed by atoms with Crippen LogP contribution in [0.3, 0.4) is 0 Å². The quantitative estimate of drug-likeness (QED) is 0.726. The molecule has 0 saturated carbocycles. The molecule has 0 aliphatic heterocycles. The van der Waals surface area contributed by atoms with E-state index in [1.807, 2.05) is 60.7 Å². The monoisotopic (exact) mass is 336 g/mol. The largest absolute Gasteiger partial charge is 0.383 e. The maximum atomic E-state index is 12.2. The van der Waals surface area contributed by atoms with Gasteiger partial charge in [0.2, 0.25) is 5.76 Å². The third-order valence-electron chi connectivity index (χ3n) is 4.04. The Morgan fingerprint density at radius 3 is 2.36 bits per heavy atom. The van der Waals surface area contributed by atoms with Crippen LogP contribution in [-0.2, 0) is 12.0 Å². The highest BCUT2D eigenvalue weighted by atomic mass is 16.5. The van der Waals surface area contributed by atoms with Crippen molar-refractivity contribution in [2.24, 2.45) is 0 Å². The Balaban J connectivity index is 1.80. The minimum Gasteiger partial charge on any atom is -0.383 e. The molecule has 2 N–H and O–H groups in total. The van der Waals surface area contributed by atoms with Crippen LogP contribution in [-0.4, -0.2) is 22.7 Å². The number of carbonyl (C=O) groups excluding carboxylic acids is 1. The molecule has 5 nitrogen and oxygen atoms in total. The van der Waals surface area contributed by atoms with Crippen molar-refractivity contribution in [3.63, 3.8) is 0 Å². The van der Waals surface area contributed by atoms with E-state index in [2.05, 4.69) is 10.5 Å². The number of nitrogens with zero attached hydrogens (tertiary/aromatic N) is 1. The Morgan fingerprint density at radius 1 is 1.12 bits per heavy atom. The Morgan fingerprint density at radius 2 is 1.76 bits per heavy atom. The van der Waals surface area contributed by atoms with Crippen molar-refractivity contribution < 1.29 is 14.4 Å². The minimum atomic E-state index is -1.23. The third-order valence-corrected chi connectivity index (χ3v) is 4.04. The molecule has 0 saturated heterocycles. The smallest absolute Gasteiger partial charge is 0.290 e. The fraction of sp³-hybridized carbons (Fsp3) is 0.200. The van der Waals surface area contributed by atoms with Gasteiger partial charge in [-0.1, -0.05) is 65.8 Å². The van der Waals surface area contributed by atoms with Crippen molar-refractivity contribution in [1.29, 1.82) is 0 Å². The van der Waals surface area contributed by atoms with Crippen LogP contribution >= 0.6 is 0 Å². The molecule has 0 aliphatic carbocycles. The average molecular weight is 336 g/mol. The lowest BCUT2D eigenvalue weighted by atomic mass is 9.87. The summed E-state index contributed by atoms with van der Waals surface area (Å²) in [5.41, 5.74) is 1.13. The topological polar surface area (TPSA) is 75.4 Å². The molecule has 2 aromatic carbocycles. The van der Waals surface area contributed by atoms with E-state index in [9.17, 15) is 9.90 Å². The number of aromatic nitrogens is 1. The Labute approximate surface area is 146 Å². The van der Waals surface area contributed by atoms with Gasteiger partial charge in [-0.3, -0.25) is 4.79 Å². The highest BCUT2D eigenvalue weighted by Crippen LogP contribution is 2.25. The molecule has 1 unspecified atom stereocenters. The normalized spacial score (nSPS) is 13.2. The van der Waals surface area contributed by atoms with Gasteiger partial charge in [0.15, 0.2) is 0 Å². The number of hydrogen-bond acceptors (Lipinski definition) is 4. The zero-order valence-electron chi connectivity index (χ0n) is 14.0. The lowest BCUT2D eigenvalue weighted by molar-refractivity contribution is 0.0347. The van der Waals surface area contributed by atoms with Crippen LogP contribution < -0.4 is 5.32 Å². The maximum absolute atomic E-state index is 12.2. The molecule has 1 amide bonds. The van der Waals surface area contributed by atoms with Crippen molar-refractivity contribution in [1.82, 2.24) is 10.5 Å². The first-order valence-electron chi connectivity index (χ1n) is 8.10. The van der Waals surface area contributed by atoms with E-state index in [1.165, 1.54) is 0 Å². The van der Waals surface area contributed by atoms with Gasteiger partial charge in [0.05, 0.1) is 12.2 Å². The zero-order chi connectivity index (χ0) is 17.7. The summed E-state index contributed by atoms with van der Waals surface area (Å²) in [7, 11) is 0. The van der Waals surface area contributed by atoms with Crippen molar-refractivity contribution >= 4 is 5.91 Å². The number of amides is 1. The number of hydrogen-bond donors (Lipinski definition) is 2. The molecule has 0 fully saturated rings. The Hall–Kier alpha value is -2.92. The lowest BCUT2D eigenvalue weighted by Gasteiger charge is -2.29. The van der Waals surface area contributed by atoms with Gasteiger partial charge in [0, 0.05) is 12.5 Å². The second kappa shape index (κ2) is 7.32. The van der Waals surface area contributed by atoms with Crippen LogP contribution in [0.15, 0.2) is 71.3 Å². The van der Waals surface area contributed by atoms with Crippen molar-refractivity contribution in [3.05, 3.63) is 89.3 Å². The molecule has 0 spiro atoms. The molecule has 3 aromatic rings. The van der Waals surface area contributed by atoms with Crippen molar-refractivity contribution in [2.75, 3.05) is 6.54 Å². The molecule has 0 radical (unpaired) electrons. The SMILES string of the molecule is Cc1cc(C(=O)NCC(O)(Cc2ccccc2)c2ccccc2)on1. The molecular weight excluding hydrogens is 316 g/mol. The number of rotatable bonds is 6. The second-order valence-corrected chi connectivity index (χ2v) is 6.08. The Bertz CT molecular complexity index is 830. The summed E-state index contributed by atoms with van der Waals surface area (Å²) < 4.78 is 4.97. The number of nitrogens with one attached hydrogen (secondary N) is 1. The number of carbonyl (C=O) groups is 1. The van der Waals surface area contributed by atoms with E-state index in [-0.39, 0.29) is 12.3 Å². The molecule has 1 aromatic heterocycles. The molecule has 5 heteroatoms.